The zero-order valence-electron chi connectivity index (χ0n) is 22.9. The average Bonchev–Trinajstić information content (AvgIpc) is 3.72. The highest BCUT2D eigenvalue weighted by Crippen LogP contribution is 2.26. The van der Waals surface area contributed by atoms with E-state index in [9.17, 15) is 18.4 Å². The fourth-order valence-corrected chi connectivity index (χ4v) is 5.25. The van der Waals surface area contributed by atoms with Crippen molar-refractivity contribution < 1.29 is 18.4 Å². The number of imidazole rings is 1. The van der Waals surface area contributed by atoms with Gasteiger partial charge in [-0.3, -0.25) is 14.6 Å². The van der Waals surface area contributed by atoms with Gasteiger partial charge in [0.15, 0.2) is 11.6 Å². The highest BCUT2D eigenvalue weighted by Gasteiger charge is 2.22. The van der Waals surface area contributed by atoms with Gasteiger partial charge in [0.05, 0.1) is 35.3 Å². The Morgan fingerprint density at radius 3 is 2.62 bits per heavy atom. The fraction of sp³-hybridized carbons (Fsp3) is 0.226. The van der Waals surface area contributed by atoms with Crippen LogP contribution in [0.15, 0.2) is 72.5 Å². The van der Waals surface area contributed by atoms with Crippen molar-refractivity contribution in [3.63, 3.8) is 0 Å². The lowest BCUT2D eigenvalue weighted by Crippen LogP contribution is -2.29. The Hall–Kier alpha value is -4.64. The number of aromatic amines is 1. The first kappa shape index (κ1) is 28.9. The van der Waals surface area contributed by atoms with Gasteiger partial charge in [-0.05, 0) is 55.2 Å². The molecule has 1 unspecified atom stereocenters. The lowest BCUT2D eigenvalue weighted by Gasteiger charge is -2.17. The van der Waals surface area contributed by atoms with Crippen LogP contribution in [0.4, 0.5) is 14.5 Å². The van der Waals surface area contributed by atoms with Gasteiger partial charge in [0.1, 0.15) is 16.3 Å². The van der Waals surface area contributed by atoms with E-state index in [1.54, 1.807) is 18.6 Å². The normalized spacial score (nSPS) is 11.8. The maximum absolute atomic E-state index is 14.4. The molecule has 0 aliphatic rings. The molecule has 3 aromatic carbocycles. The Balaban J connectivity index is 1.25. The fourth-order valence-electron chi connectivity index (χ4n) is 4.73. The first-order valence-electron chi connectivity index (χ1n) is 13.7. The molecule has 0 saturated carbocycles. The van der Waals surface area contributed by atoms with Crippen LogP contribution in [-0.4, -0.2) is 39.9 Å². The summed E-state index contributed by atoms with van der Waals surface area (Å²) in [6.45, 7) is 2.50. The number of carbonyl (C=O) groups excluding carboxylic acids is 2. The van der Waals surface area contributed by atoms with Crippen LogP contribution in [0.5, 0.6) is 0 Å². The van der Waals surface area contributed by atoms with Crippen molar-refractivity contribution in [2.45, 2.75) is 32.2 Å². The number of nitrogens with one attached hydrogen (secondary N) is 4. The molecule has 0 spiro atoms. The second-order valence-electron chi connectivity index (χ2n) is 9.70. The van der Waals surface area contributed by atoms with Gasteiger partial charge in [0.2, 0.25) is 0 Å². The van der Waals surface area contributed by atoms with Crippen molar-refractivity contribution >= 4 is 39.6 Å². The number of carbonyl (C=O) groups is 2. The quantitative estimate of drug-likeness (QED) is 0.125. The minimum atomic E-state index is -1.18. The molecule has 5 rings (SSSR count). The lowest BCUT2D eigenvalue weighted by molar-refractivity contribution is 0.0935. The molecule has 0 radical (unpaired) electrons. The number of hydrogen-bond acceptors (Lipinski definition) is 6. The number of hydrogen-bond donors (Lipinski definition) is 4. The van der Waals surface area contributed by atoms with Crippen molar-refractivity contribution in [2.24, 2.45) is 0 Å². The minimum absolute atomic E-state index is 0.236. The summed E-state index contributed by atoms with van der Waals surface area (Å²) in [5.74, 6) is -2.60. The molecule has 0 saturated heterocycles. The number of fused-ring (bicyclic) bond motifs is 1. The molecule has 2 amide bonds. The van der Waals surface area contributed by atoms with Crippen LogP contribution >= 0.6 is 11.3 Å². The van der Waals surface area contributed by atoms with Crippen molar-refractivity contribution in [3.8, 4) is 11.3 Å². The van der Waals surface area contributed by atoms with Gasteiger partial charge < -0.3 is 20.9 Å². The third-order valence-corrected chi connectivity index (χ3v) is 7.61. The highest BCUT2D eigenvalue weighted by atomic mass is 32.1. The molecule has 5 aromatic rings. The van der Waals surface area contributed by atoms with Gasteiger partial charge in [-0.25, -0.2) is 13.8 Å². The molecule has 216 valence electrons. The Morgan fingerprint density at radius 1 is 1.00 bits per heavy atom. The summed E-state index contributed by atoms with van der Waals surface area (Å²) < 4.78 is 28.2. The SMILES string of the molecule is CCNc1ccc(F)c(F)c1C(=O)NCCCCC(NC(=O)c1cncs1)c1ncc(-c2ccc3ccccc3c2)[nH]1. The van der Waals surface area contributed by atoms with Gasteiger partial charge in [0.25, 0.3) is 11.8 Å². The van der Waals surface area contributed by atoms with Gasteiger partial charge in [0, 0.05) is 18.7 Å². The van der Waals surface area contributed by atoms with Gasteiger partial charge >= 0.3 is 0 Å². The number of anilines is 1. The van der Waals surface area contributed by atoms with Crippen LogP contribution in [0.1, 0.15) is 58.1 Å². The third-order valence-electron chi connectivity index (χ3n) is 6.84. The Morgan fingerprint density at radius 2 is 1.83 bits per heavy atom. The predicted molar refractivity (Wildman–Crippen MR) is 161 cm³/mol. The molecular formula is C31H30F2N6O2S. The van der Waals surface area contributed by atoms with Gasteiger partial charge in [-0.2, -0.15) is 0 Å². The van der Waals surface area contributed by atoms with Crippen LogP contribution in [0.3, 0.4) is 0 Å². The Kier molecular flexibility index (Phi) is 9.18. The van der Waals surface area contributed by atoms with Gasteiger partial charge in [-0.1, -0.05) is 36.4 Å². The first-order valence-corrected chi connectivity index (χ1v) is 14.6. The maximum atomic E-state index is 14.4. The van der Waals surface area contributed by atoms with E-state index in [1.165, 1.54) is 23.6 Å². The van der Waals surface area contributed by atoms with E-state index in [0.29, 0.717) is 36.5 Å². The first-order chi connectivity index (χ1) is 20.4. The lowest BCUT2D eigenvalue weighted by atomic mass is 10.1. The van der Waals surface area contributed by atoms with E-state index in [4.69, 9.17) is 0 Å². The number of aromatic nitrogens is 3. The number of benzene rings is 3. The van der Waals surface area contributed by atoms with E-state index in [1.807, 2.05) is 18.2 Å². The number of rotatable bonds is 12. The number of thiazole rings is 1. The summed E-state index contributed by atoms with van der Waals surface area (Å²) in [5.41, 5.74) is 3.29. The van der Waals surface area contributed by atoms with Crippen LogP contribution < -0.4 is 16.0 Å². The molecule has 42 heavy (non-hydrogen) atoms. The topological polar surface area (TPSA) is 112 Å². The second kappa shape index (κ2) is 13.3. The minimum Gasteiger partial charge on any atom is -0.385 e. The van der Waals surface area contributed by atoms with Crippen LogP contribution in [-0.2, 0) is 0 Å². The van der Waals surface area contributed by atoms with Crippen molar-refractivity contribution in [1.82, 2.24) is 25.6 Å². The molecule has 0 fully saturated rings. The average molecular weight is 589 g/mol. The third kappa shape index (κ3) is 6.63. The van der Waals surface area contributed by atoms with E-state index >= 15 is 0 Å². The maximum Gasteiger partial charge on any atom is 0.263 e. The number of halogens is 2. The molecule has 0 aliphatic carbocycles. The van der Waals surface area contributed by atoms with Crippen LogP contribution in [0.25, 0.3) is 22.0 Å². The summed E-state index contributed by atoms with van der Waals surface area (Å²) in [6, 6.07) is 16.2. The molecule has 11 heteroatoms. The Labute approximate surface area is 245 Å². The van der Waals surface area contributed by atoms with E-state index in [0.717, 1.165) is 28.1 Å². The standard InChI is InChI=1S/C31H30F2N6O2S/c1-2-35-23-13-12-22(32)28(33)27(23)31(41)36-14-6-5-9-24(39-30(40)26-17-34-18-42-26)29-37-16-25(38-29)21-11-10-19-7-3-4-8-20(19)15-21/h3-4,7-8,10-13,15-18,24,35H,2,5-6,9,14H2,1H3,(H,36,41)(H,37,38)(H,39,40). The summed E-state index contributed by atoms with van der Waals surface area (Å²) in [5, 5.41) is 10.9. The number of unbranched alkanes of at least 4 members (excludes halogenated alkanes) is 1. The van der Waals surface area contributed by atoms with E-state index in [-0.39, 0.29) is 23.7 Å². The van der Waals surface area contributed by atoms with Crippen LogP contribution in [0.2, 0.25) is 0 Å². The Bertz CT molecular complexity index is 1690. The van der Waals surface area contributed by atoms with Crippen molar-refractivity contribution in [1.29, 1.82) is 0 Å². The second-order valence-corrected chi connectivity index (χ2v) is 10.6. The molecule has 8 nitrogen and oxygen atoms in total. The molecule has 1 atom stereocenters. The van der Waals surface area contributed by atoms with Crippen molar-refractivity contribution in [2.75, 3.05) is 18.4 Å². The number of amides is 2. The smallest absolute Gasteiger partial charge is 0.263 e. The molecule has 2 aromatic heterocycles. The summed E-state index contributed by atoms with van der Waals surface area (Å²) in [7, 11) is 0. The molecule has 2 heterocycles. The summed E-state index contributed by atoms with van der Waals surface area (Å²) >= 11 is 1.25. The van der Waals surface area contributed by atoms with Crippen LogP contribution in [0, 0.1) is 11.6 Å². The number of nitrogens with zero attached hydrogens (tertiary/aromatic N) is 2. The molecule has 0 aliphatic heterocycles. The zero-order chi connectivity index (χ0) is 29.5. The molecular weight excluding hydrogens is 558 g/mol. The summed E-state index contributed by atoms with van der Waals surface area (Å²) in [6.07, 6.45) is 4.96. The zero-order valence-corrected chi connectivity index (χ0v) is 23.7. The number of H-pyrrole nitrogens is 1. The van der Waals surface area contributed by atoms with E-state index < -0.39 is 23.6 Å². The highest BCUT2D eigenvalue weighted by molar-refractivity contribution is 7.11. The monoisotopic (exact) mass is 588 g/mol. The van der Waals surface area contributed by atoms with E-state index in [2.05, 4.69) is 55.2 Å². The molecule has 4 N–H and O–H groups in total. The molecule has 0 bridgehead atoms. The van der Waals surface area contributed by atoms with Crippen molar-refractivity contribution in [3.05, 3.63) is 100 Å². The predicted octanol–water partition coefficient (Wildman–Crippen LogP) is 6.47. The summed E-state index contributed by atoms with van der Waals surface area (Å²) in [4.78, 5) is 38.0. The largest absolute Gasteiger partial charge is 0.385 e. The van der Waals surface area contributed by atoms with Gasteiger partial charge in [-0.15, -0.1) is 11.3 Å².